The van der Waals surface area contributed by atoms with Crippen LogP contribution in [-0.2, 0) is 15.9 Å². The Labute approximate surface area is 151 Å². The van der Waals surface area contributed by atoms with Gasteiger partial charge in [-0.05, 0) is 73.0 Å². The Morgan fingerprint density at radius 3 is 2.92 bits per heavy atom. The van der Waals surface area contributed by atoms with Gasteiger partial charge < -0.3 is 9.47 Å². The summed E-state index contributed by atoms with van der Waals surface area (Å²) in [5, 5.41) is 0. The predicted octanol–water partition coefficient (Wildman–Crippen LogP) is 5.36. The molecule has 0 spiro atoms. The third-order valence-corrected chi connectivity index (χ3v) is 7.35. The highest BCUT2D eigenvalue weighted by atomic mass is 16.7. The first-order chi connectivity index (χ1) is 12.2. The molecule has 0 bridgehead atoms. The Morgan fingerprint density at radius 1 is 1.12 bits per heavy atom. The van der Waals surface area contributed by atoms with Gasteiger partial charge in [0.2, 0.25) is 0 Å². The van der Waals surface area contributed by atoms with Crippen LogP contribution in [0.2, 0.25) is 0 Å². The van der Waals surface area contributed by atoms with Crippen LogP contribution in [0, 0.1) is 17.3 Å². The van der Waals surface area contributed by atoms with Crippen molar-refractivity contribution in [3.05, 3.63) is 41.5 Å². The van der Waals surface area contributed by atoms with Crippen molar-refractivity contribution in [1.82, 2.24) is 0 Å². The molecule has 0 amide bonds. The predicted molar refractivity (Wildman–Crippen MR) is 100 cm³/mol. The first-order valence-corrected chi connectivity index (χ1v) is 10.3. The van der Waals surface area contributed by atoms with Crippen LogP contribution in [0.25, 0.3) is 5.57 Å². The Kier molecular flexibility index (Phi) is 4.02. The Bertz CT molecular complexity index is 672. The molecule has 1 aliphatic heterocycles. The lowest BCUT2D eigenvalue weighted by molar-refractivity contribution is -0.200. The van der Waals surface area contributed by atoms with Gasteiger partial charge in [-0.25, -0.2) is 0 Å². The number of allylic oxidation sites excluding steroid dienone is 1. The average Bonchev–Trinajstić information content (AvgIpc) is 3.04. The molecular formula is C23H30O2. The minimum atomic E-state index is 0.0137. The summed E-state index contributed by atoms with van der Waals surface area (Å²) >= 11 is 0. The van der Waals surface area contributed by atoms with Crippen molar-refractivity contribution < 1.29 is 9.47 Å². The second-order valence-electron chi connectivity index (χ2n) is 8.87. The summed E-state index contributed by atoms with van der Waals surface area (Å²) in [6.07, 6.45) is 12.8. The molecule has 1 saturated carbocycles. The summed E-state index contributed by atoms with van der Waals surface area (Å²) in [6, 6.07) is 9.01. The van der Waals surface area contributed by atoms with Gasteiger partial charge in [0.25, 0.3) is 0 Å². The van der Waals surface area contributed by atoms with Crippen molar-refractivity contribution in [2.75, 3.05) is 6.61 Å². The smallest absolute Gasteiger partial charge is 0.157 e. The van der Waals surface area contributed by atoms with Crippen molar-refractivity contribution in [2.24, 2.45) is 17.3 Å². The molecule has 134 valence electrons. The van der Waals surface area contributed by atoms with Crippen LogP contribution in [0.5, 0.6) is 0 Å². The molecule has 5 rings (SSSR count). The highest BCUT2D eigenvalue weighted by Crippen LogP contribution is 2.58. The monoisotopic (exact) mass is 338 g/mol. The van der Waals surface area contributed by atoms with Crippen LogP contribution in [0.3, 0.4) is 0 Å². The van der Waals surface area contributed by atoms with Gasteiger partial charge in [0.1, 0.15) is 0 Å². The lowest BCUT2D eigenvalue weighted by Crippen LogP contribution is -2.45. The Balaban J connectivity index is 1.52. The van der Waals surface area contributed by atoms with Gasteiger partial charge in [-0.3, -0.25) is 0 Å². The third kappa shape index (κ3) is 2.69. The van der Waals surface area contributed by atoms with Crippen molar-refractivity contribution in [3.63, 3.8) is 0 Å². The first-order valence-electron chi connectivity index (χ1n) is 10.3. The number of fused-ring (bicyclic) bond motifs is 5. The van der Waals surface area contributed by atoms with Gasteiger partial charge in [0, 0.05) is 12.5 Å². The standard InChI is InChI=1S/C23H30O2/c1-23-12-6-9-19(23)22-18(11-13-23)17-8-3-2-7-16(17)15-20(22)25-21-10-4-5-14-24-21/h2-3,7-8,11,19-22H,4-6,9-10,12-15H2,1H3/t19-,20-,21?,22+,23-/m0/s1. The minimum absolute atomic E-state index is 0.0137. The van der Waals surface area contributed by atoms with E-state index in [0.29, 0.717) is 11.3 Å². The number of benzene rings is 1. The topological polar surface area (TPSA) is 18.5 Å². The fraction of sp³-hybridized carbons (Fsp3) is 0.652. The molecule has 1 aromatic rings. The Hall–Kier alpha value is -1.12. The van der Waals surface area contributed by atoms with Crippen LogP contribution in [0.4, 0.5) is 0 Å². The van der Waals surface area contributed by atoms with E-state index in [2.05, 4.69) is 37.3 Å². The zero-order valence-electron chi connectivity index (χ0n) is 15.4. The molecule has 0 radical (unpaired) electrons. The van der Waals surface area contributed by atoms with Crippen LogP contribution in [-0.4, -0.2) is 19.0 Å². The molecule has 3 aliphatic carbocycles. The summed E-state index contributed by atoms with van der Waals surface area (Å²) in [6.45, 7) is 3.38. The zero-order chi connectivity index (χ0) is 16.9. The normalized spacial score (nSPS) is 40.0. The first kappa shape index (κ1) is 16.1. The van der Waals surface area contributed by atoms with Crippen molar-refractivity contribution in [1.29, 1.82) is 0 Å². The summed E-state index contributed by atoms with van der Waals surface area (Å²) in [4.78, 5) is 0. The molecule has 5 atom stereocenters. The van der Waals surface area contributed by atoms with E-state index in [-0.39, 0.29) is 12.4 Å². The van der Waals surface area contributed by atoms with Crippen LogP contribution < -0.4 is 0 Å². The number of hydrogen-bond donors (Lipinski definition) is 0. The average molecular weight is 338 g/mol. The highest BCUT2D eigenvalue weighted by Gasteiger charge is 2.51. The van der Waals surface area contributed by atoms with Crippen LogP contribution in [0.15, 0.2) is 30.3 Å². The minimum Gasteiger partial charge on any atom is -0.353 e. The van der Waals surface area contributed by atoms with E-state index in [1.165, 1.54) is 49.7 Å². The molecular weight excluding hydrogens is 308 g/mol. The van der Waals surface area contributed by atoms with E-state index in [9.17, 15) is 0 Å². The molecule has 1 saturated heterocycles. The SMILES string of the molecule is C[C@]12CC=C3c4ccccc4C[C@H](OC4CCCCO4)[C@H]3[C@@H]1CCC2. The molecule has 4 aliphatic rings. The fourth-order valence-corrected chi connectivity index (χ4v) is 6.04. The molecule has 2 heteroatoms. The molecule has 2 nitrogen and oxygen atoms in total. The summed E-state index contributed by atoms with van der Waals surface area (Å²) in [5.41, 5.74) is 5.01. The second-order valence-corrected chi connectivity index (χ2v) is 8.87. The van der Waals surface area contributed by atoms with Gasteiger partial charge >= 0.3 is 0 Å². The van der Waals surface area contributed by atoms with Crippen LogP contribution in [0.1, 0.15) is 63.0 Å². The van der Waals surface area contributed by atoms with E-state index in [0.717, 1.165) is 25.4 Å². The lowest BCUT2D eigenvalue weighted by atomic mass is 9.59. The zero-order valence-corrected chi connectivity index (χ0v) is 15.4. The molecule has 1 aromatic carbocycles. The Morgan fingerprint density at radius 2 is 2.04 bits per heavy atom. The summed E-state index contributed by atoms with van der Waals surface area (Å²) < 4.78 is 12.6. The molecule has 0 N–H and O–H groups in total. The summed E-state index contributed by atoms with van der Waals surface area (Å²) in [7, 11) is 0. The van der Waals surface area contributed by atoms with Gasteiger partial charge in [0.15, 0.2) is 6.29 Å². The quantitative estimate of drug-likeness (QED) is 0.722. The van der Waals surface area contributed by atoms with E-state index in [1.54, 1.807) is 5.57 Å². The molecule has 2 fully saturated rings. The number of hydrogen-bond acceptors (Lipinski definition) is 2. The maximum absolute atomic E-state index is 6.65. The lowest BCUT2D eigenvalue weighted by Gasteiger charge is -2.48. The van der Waals surface area contributed by atoms with Gasteiger partial charge in [-0.15, -0.1) is 0 Å². The van der Waals surface area contributed by atoms with Gasteiger partial charge in [0.05, 0.1) is 6.10 Å². The number of ether oxygens (including phenoxy) is 2. The number of rotatable bonds is 2. The van der Waals surface area contributed by atoms with Crippen molar-refractivity contribution in [2.45, 2.75) is 70.7 Å². The molecule has 1 heterocycles. The molecule has 0 aromatic heterocycles. The van der Waals surface area contributed by atoms with E-state index in [1.807, 2.05) is 0 Å². The van der Waals surface area contributed by atoms with E-state index in [4.69, 9.17) is 9.47 Å². The maximum Gasteiger partial charge on any atom is 0.157 e. The largest absolute Gasteiger partial charge is 0.353 e. The molecule has 1 unspecified atom stereocenters. The second kappa shape index (κ2) is 6.25. The fourth-order valence-electron chi connectivity index (χ4n) is 6.04. The van der Waals surface area contributed by atoms with Gasteiger partial charge in [-0.1, -0.05) is 43.7 Å². The highest BCUT2D eigenvalue weighted by molar-refractivity contribution is 5.74. The van der Waals surface area contributed by atoms with Crippen LogP contribution >= 0.6 is 0 Å². The van der Waals surface area contributed by atoms with Gasteiger partial charge in [-0.2, -0.15) is 0 Å². The van der Waals surface area contributed by atoms with Crippen molar-refractivity contribution >= 4 is 5.57 Å². The molecule has 25 heavy (non-hydrogen) atoms. The maximum atomic E-state index is 6.65. The van der Waals surface area contributed by atoms with E-state index >= 15 is 0 Å². The van der Waals surface area contributed by atoms with Crippen molar-refractivity contribution in [3.8, 4) is 0 Å². The summed E-state index contributed by atoms with van der Waals surface area (Å²) in [5.74, 6) is 1.33. The van der Waals surface area contributed by atoms with E-state index < -0.39 is 0 Å². The third-order valence-electron chi connectivity index (χ3n) is 7.35.